The predicted molar refractivity (Wildman–Crippen MR) is 175 cm³/mol. The maximum atomic E-state index is 12.7. The Morgan fingerprint density at radius 2 is 2.02 bits per heavy atom. The number of oxime groups is 1. The van der Waals surface area contributed by atoms with E-state index in [2.05, 4.69) is 79.2 Å². The molecule has 0 saturated heterocycles. The average molecular weight is 892 g/mol. The van der Waals surface area contributed by atoms with Crippen molar-refractivity contribution in [1.29, 1.82) is 0 Å². The number of alkyl halides is 1. The summed E-state index contributed by atoms with van der Waals surface area (Å²) in [6.45, 7) is 0.390. The number of ketones is 1. The molecule has 2 aliphatic heterocycles. The standard InChI is InChI=1S/C27H26Br4ClN3O9/c1-41-23-16(30)8-27(43-11-17(23)31)25(39)21(35-44-27)26(40)34-3-2-4-42-24-14(28)5-12(6-15(24)29)20(37)10-33-9-13-19(36)7-18(32)22(13)38/h5-6,9,11,18,20,25,37-39H,2-4,7-8,10H2,1H3,(H,34,40)/t18-,20-,25-,27-/m0/s1. The first-order chi connectivity index (χ1) is 20.9. The van der Waals surface area contributed by atoms with Gasteiger partial charge in [-0.15, -0.1) is 11.6 Å². The highest BCUT2D eigenvalue weighted by Crippen LogP contribution is 2.41. The molecule has 1 spiro atoms. The molecule has 1 aliphatic carbocycles. The molecule has 4 N–H and O–H groups in total. The summed E-state index contributed by atoms with van der Waals surface area (Å²) in [6, 6.07) is 3.35. The molecule has 0 radical (unpaired) electrons. The first-order valence-corrected chi connectivity index (χ1v) is 16.6. The Bertz CT molecular complexity index is 1460. The minimum atomic E-state index is -1.64. The predicted octanol–water partition coefficient (Wildman–Crippen LogP) is 4.95. The Kier molecular flexibility index (Phi) is 12.0. The van der Waals surface area contributed by atoms with Gasteiger partial charge in [0.2, 0.25) is 0 Å². The summed E-state index contributed by atoms with van der Waals surface area (Å²) in [4.78, 5) is 34.1. The molecule has 4 atom stereocenters. The van der Waals surface area contributed by atoms with Gasteiger partial charge in [0.1, 0.15) is 23.5 Å². The van der Waals surface area contributed by atoms with Crippen LogP contribution in [0.25, 0.3) is 0 Å². The highest BCUT2D eigenvalue weighted by molar-refractivity contribution is 9.12. The number of aliphatic hydroxyl groups excluding tert-OH is 3. The number of nitrogens with zero attached hydrogens (tertiary/aromatic N) is 2. The molecule has 3 aliphatic rings. The van der Waals surface area contributed by atoms with Crippen molar-refractivity contribution in [1.82, 2.24) is 5.32 Å². The number of hydrogen-bond donors (Lipinski definition) is 4. The van der Waals surface area contributed by atoms with E-state index in [9.17, 15) is 24.9 Å². The highest BCUT2D eigenvalue weighted by atomic mass is 79.9. The minimum absolute atomic E-state index is 0.0115. The van der Waals surface area contributed by atoms with E-state index in [1.807, 2.05) is 0 Å². The Morgan fingerprint density at radius 3 is 2.66 bits per heavy atom. The van der Waals surface area contributed by atoms with E-state index in [0.717, 1.165) is 0 Å². The number of halogens is 5. The van der Waals surface area contributed by atoms with Crippen LogP contribution in [0.1, 0.15) is 30.9 Å². The molecular weight excluding hydrogens is 865 g/mol. The van der Waals surface area contributed by atoms with Gasteiger partial charge in [-0.2, -0.15) is 0 Å². The third kappa shape index (κ3) is 7.70. The third-order valence-electron chi connectivity index (χ3n) is 6.63. The lowest BCUT2D eigenvalue weighted by Crippen LogP contribution is -2.49. The molecule has 2 heterocycles. The Morgan fingerprint density at radius 1 is 1.32 bits per heavy atom. The van der Waals surface area contributed by atoms with E-state index in [4.69, 9.17) is 30.6 Å². The second-order valence-corrected chi connectivity index (χ2v) is 13.7. The van der Waals surface area contributed by atoms with Crippen LogP contribution >= 0.6 is 75.3 Å². The summed E-state index contributed by atoms with van der Waals surface area (Å²) in [5.74, 6) is -1.83. The number of benzene rings is 1. The van der Waals surface area contributed by atoms with Gasteiger partial charge in [-0.05, 0) is 71.9 Å². The van der Waals surface area contributed by atoms with E-state index in [1.165, 1.54) is 19.6 Å². The van der Waals surface area contributed by atoms with Crippen LogP contribution in [-0.2, 0) is 23.9 Å². The van der Waals surface area contributed by atoms with Gasteiger partial charge in [0.25, 0.3) is 5.91 Å². The lowest BCUT2D eigenvalue weighted by molar-refractivity contribution is -0.225. The fraction of sp³-hybridized carbons (Fsp3) is 0.407. The van der Waals surface area contributed by atoms with Crippen LogP contribution in [0.5, 0.6) is 5.75 Å². The number of hydrogen-bond acceptors (Lipinski definition) is 11. The number of ether oxygens (including phenoxy) is 3. The van der Waals surface area contributed by atoms with Gasteiger partial charge in [0, 0.05) is 23.7 Å². The monoisotopic (exact) mass is 887 g/mol. The summed E-state index contributed by atoms with van der Waals surface area (Å²) in [5, 5.41) is 37.0. The van der Waals surface area contributed by atoms with Gasteiger partial charge < -0.3 is 39.7 Å². The van der Waals surface area contributed by atoms with Gasteiger partial charge in [-0.1, -0.05) is 21.1 Å². The number of carbonyl (C=O) groups excluding carboxylic acids is 2. The number of Topliss-reactive ketones (excluding diaryl/α,β-unsaturated/α-hetero) is 1. The Hall–Kier alpha value is -1.95. The number of methoxy groups -OCH3 is 1. The topological polar surface area (TPSA) is 168 Å². The molecule has 4 rings (SSSR count). The number of nitrogens with one attached hydrogen (secondary N) is 1. The molecule has 0 aromatic heterocycles. The molecule has 0 bridgehead atoms. The minimum Gasteiger partial charge on any atom is -0.510 e. The zero-order valence-corrected chi connectivity index (χ0v) is 30.0. The van der Waals surface area contributed by atoms with E-state index in [0.29, 0.717) is 41.4 Å². The van der Waals surface area contributed by atoms with Crippen LogP contribution in [0.2, 0.25) is 0 Å². The van der Waals surface area contributed by atoms with Crippen LogP contribution in [0.3, 0.4) is 0 Å². The molecule has 44 heavy (non-hydrogen) atoms. The van der Waals surface area contributed by atoms with Crippen LogP contribution in [0, 0.1) is 0 Å². The second-order valence-electron chi connectivity index (χ2n) is 9.66. The maximum Gasteiger partial charge on any atom is 0.311 e. The summed E-state index contributed by atoms with van der Waals surface area (Å²) < 4.78 is 19.0. The van der Waals surface area contributed by atoms with Crippen molar-refractivity contribution in [3.8, 4) is 5.75 Å². The molecule has 1 amide bonds. The first kappa shape index (κ1) is 34.9. The molecule has 0 fully saturated rings. The Balaban J connectivity index is 1.25. The fourth-order valence-electron chi connectivity index (χ4n) is 4.31. The molecule has 0 saturated carbocycles. The molecular formula is C27H26Br4ClN3O9. The van der Waals surface area contributed by atoms with Crippen molar-refractivity contribution in [3.63, 3.8) is 0 Å². The number of carbonyl (C=O) groups is 2. The summed E-state index contributed by atoms with van der Waals surface area (Å²) in [5.41, 5.74) is 0.353. The molecule has 12 nitrogen and oxygen atoms in total. The molecule has 17 heteroatoms. The Labute approximate surface area is 290 Å². The third-order valence-corrected chi connectivity index (χ3v) is 9.36. The molecule has 238 valence electrons. The molecule has 1 aromatic carbocycles. The van der Waals surface area contributed by atoms with Crippen molar-refractivity contribution < 1.29 is 44.0 Å². The van der Waals surface area contributed by atoms with Gasteiger partial charge in [-0.3, -0.25) is 14.6 Å². The van der Waals surface area contributed by atoms with E-state index in [-0.39, 0.29) is 55.4 Å². The molecule has 0 unspecified atom stereocenters. The zero-order chi connectivity index (χ0) is 32.2. The molecule has 1 aromatic rings. The van der Waals surface area contributed by atoms with Crippen LogP contribution in [0.4, 0.5) is 0 Å². The fourth-order valence-corrected chi connectivity index (χ4v) is 7.55. The number of amides is 1. The average Bonchev–Trinajstić information content (AvgIpc) is 3.37. The van der Waals surface area contributed by atoms with Gasteiger partial charge in [-0.25, -0.2) is 0 Å². The first-order valence-electron chi connectivity index (χ1n) is 13.0. The smallest absolute Gasteiger partial charge is 0.311 e. The lowest BCUT2D eigenvalue weighted by atomic mass is 10.0. The zero-order valence-electron chi connectivity index (χ0n) is 22.9. The lowest BCUT2D eigenvalue weighted by Gasteiger charge is -2.27. The van der Waals surface area contributed by atoms with Crippen molar-refractivity contribution in [2.24, 2.45) is 10.1 Å². The van der Waals surface area contributed by atoms with Crippen LogP contribution in [-0.4, -0.2) is 83.0 Å². The largest absolute Gasteiger partial charge is 0.510 e. The number of rotatable bonds is 11. The van der Waals surface area contributed by atoms with Crippen molar-refractivity contribution in [2.75, 3.05) is 26.8 Å². The number of aliphatic hydroxyl groups is 3. The summed E-state index contributed by atoms with van der Waals surface area (Å²) in [6.07, 6.45) is 0.526. The van der Waals surface area contributed by atoms with Crippen molar-refractivity contribution in [2.45, 2.75) is 42.6 Å². The van der Waals surface area contributed by atoms with E-state index >= 15 is 0 Å². The quantitative estimate of drug-likeness (QED) is 0.137. The number of allylic oxidation sites excluding steroid dienone is 3. The van der Waals surface area contributed by atoms with Gasteiger partial charge >= 0.3 is 5.79 Å². The highest BCUT2D eigenvalue weighted by Gasteiger charge is 2.54. The van der Waals surface area contributed by atoms with Gasteiger partial charge in [0.15, 0.2) is 17.6 Å². The SMILES string of the molecule is COC1=C(Br)C[C@]2(OC=C1Br)ON=C(C(=O)NCCCOc1c(Br)cc([C@@H](O)CN=CC3=C(O)[C@@H](Cl)CC3=O)cc1Br)[C@@H]2O. The second kappa shape index (κ2) is 15.1. The maximum absolute atomic E-state index is 12.7. The summed E-state index contributed by atoms with van der Waals surface area (Å²) >= 11 is 19.5. The van der Waals surface area contributed by atoms with Crippen LogP contribution < -0.4 is 10.1 Å². The van der Waals surface area contributed by atoms with Crippen molar-refractivity contribution >= 4 is 98.9 Å². The van der Waals surface area contributed by atoms with Crippen molar-refractivity contribution in [3.05, 3.63) is 59.0 Å². The number of aliphatic imine (C=N–C) groups is 1. The summed E-state index contributed by atoms with van der Waals surface area (Å²) in [7, 11) is 1.48. The van der Waals surface area contributed by atoms with Crippen LogP contribution in [0.15, 0.2) is 63.5 Å². The van der Waals surface area contributed by atoms with Gasteiger partial charge in [0.05, 0.1) is 57.2 Å². The van der Waals surface area contributed by atoms with E-state index in [1.54, 1.807) is 12.1 Å². The van der Waals surface area contributed by atoms with E-state index < -0.39 is 29.3 Å². The normalized spacial score (nSPS) is 24.2.